The molecule has 0 fully saturated rings. The quantitative estimate of drug-likeness (QED) is 0.321. The number of nitrogens with one attached hydrogen (secondary N) is 1. The molecule has 0 radical (unpaired) electrons. The number of para-hydroxylation sites is 1. The first-order valence-corrected chi connectivity index (χ1v) is 13.0. The van der Waals surface area contributed by atoms with Crippen LogP contribution in [0.1, 0.15) is 37.9 Å². The van der Waals surface area contributed by atoms with Gasteiger partial charge >= 0.3 is 0 Å². The number of carbonyl (C=O) groups excluding carboxylic acids is 2. The average Bonchev–Trinajstić information content (AvgIpc) is 3.39. The van der Waals surface area contributed by atoms with E-state index >= 15 is 0 Å². The van der Waals surface area contributed by atoms with E-state index in [2.05, 4.69) is 20.7 Å². The number of aryl methyl sites for hydroxylation is 1. The molecule has 4 rings (SSSR count). The van der Waals surface area contributed by atoms with E-state index in [9.17, 15) is 14.0 Å². The lowest BCUT2D eigenvalue weighted by atomic mass is 9.99. The molecule has 0 aliphatic rings. The summed E-state index contributed by atoms with van der Waals surface area (Å²) < 4.78 is 24.7. The van der Waals surface area contributed by atoms with E-state index in [4.69, 9.17) is 9.47 Å². The van der Waals surface area contributed by atoms with Crippen LogP contribution in [0.4, 0.5) is 10.1 Å². The number of aromatic nitrogens is 4. The van der Waals surface area contributed by atoms with Crippen molar-refractivity contribution < 1.29 is 23.5 Å². The molecule has 0 spiro atoms. The van der Waals surface area contributed by atoms with Gasteiger partial charge in [-0.15, -0.1) is 10.2 Å². The Hall–Kier alpha value is -4.80. The molecule has 0 aliphatic carbocycles. The minimum absolute atomic E-state index is 0.222. The van der Waals surface area contributed by atoms with Crippen LogP contribution < -0.4 is 19.7 Å². The molecule has 41 heavy (non-hydrogen) atoms. The number of carbonyl (C=O) groups is 2. The highest BCUT2D eigenvalue weighted by Crippen LogP contribution is 2.42. The molecule has 10 nitrogen and oxygen atoms in total. The van der Waals surface area contributed by atoms with Gasteiger partial charge in [0.1, 0.15) is 35.6 Å². The van der Waals surface area contributed by atoms with E-state index in [-0.39, 0.29) is 18.1 Å². The second-order valence-electron chi connectivity index (χ2n) is 10.5. The predicted octanol–water partition coefficient (Wildman–Crippen LogP) is 4.49. The summed E-state index contributed by atoms with van der Waals surface area (Å²) in [6.45, 7) is 7.17. The number of methoxy groups -OCH3 is 2. The monoisotopic (exact) mass is 560 g/mol. The average molecular weight is 561 g/mol. The zero-order valence-corrected chi connectivity index (χ0v) is 23.9. The van der Waals surface area contributed by atoms with E-state index in [0.29, 0.717) is 22.6 Å². The van der Waals surface area contributed by atoms with Crippen LogP contribution >= 0.6 is 0 Å². The molecule has 1 heterocycles. The van der Waals surface area contributed by atoms with Crippen LogP contribution in [0.3, 0.4) is 0 Å². The molecule has 214 valence electrons. The first-order chi connectivity index (χ1) is 19.5. The SMILES string of the molecule is COc1cccc(OC)c1N(C(=O)Cn1nnc(-c2ccc(F)cc2)n1)[C@H](C(=O)NC(C)(C)C)c1ccc(C)cc1. The highest BCUT2D eigenvalue weighted by molar-refractivity contribution is 6.03. The normalized spacial score (nSPS) is 12.0. The van der Waals surface area contributed by atoms with Gasteiger partial charge < -0.3 is 14.8 Å². The van der Waals surface area contributed by atoms with Crippen LogP contribution in [0.25, 0.3) is 11.4 Å². The number of hydrogen-bond acceptors (Lipinski definition) is 7. The van der Waals surface area contributed by atoms with Crippen molar-refractivity contribution >= 4 is 17.5 Å². The Kier molecular flexibility index (Phi) is 8.65. The lowest BCUT2D eigenvalue weighted by Gasteiger charge is -2.35. The van der Waals surface area contributed by atoms with E-state index in [1.165, 1.54) is 43.4 Å². The summed E-state index contributed by atoms with van der Waals surface area (Å²) in [7, 11) is 2.95. The molecule has 11 heteroatoms. The number of hydrogen-bond donors (Lipinski definition) is 1. The van der Waals surface area contributed by atoms with Gasteiger partial charge in [0.25, 0.3) is 5.91 Å². The molecule has 4 aromatic rings. The highest BCUT2D eigenvalue weighted by atomic mass is 19.1. The Bertz CT molecular complexity index is 1490. The summed E-state index contributed by atoms with van der Waals surface area (Å²) >= 11 is 0. The summed E-state index contributed by atoms with van der Waals surface area (Å²) in [6.07, 6.45) is 0. The minimum Gasteiger partial charge on any atom is -0.494 e. The van der Waals surface area contributed by atoms with Crippen molar-refractivity contribution in [3.05, 3.63) is 83.7 Å². The van der Waals surface area contributed by atoms with Gasteiger partial charge in [0, 0.05) is 11.1 Å². The first kappa shape index (κ1) is 29.2. The zero-order chi connectivity index (χ0) is 29.7. The van der Waals surface area contributed by atoms with Crippen LogP contribution in [0.2, 0.25) is 0 Å². The third kappa shape index (κ3) is 6.86. The largest absolute Gasteiger partial charge is 0.494 e. The van der Waals surface area contributed by atoms with Crippen LogP contribution in [-0.4, -0.2) is 51.8 Å². The van der Waals surface area contributed by atoms with Gasteiger partial charge in [0.15, 0.2) is 0 Å². The Labute approximate surface area is 238 Å². The molecule has 0 bridgehead atoms. The fourth-order valence-corrected chi connectivity index (χ4v) is 4.29. The summed E-state index contributed by atoms with van der Waals surface area (Å²) in [5.74, 6) is -0.436. The molecule has 0 saturated carbocycles. The maximum absolute atomic E-state index is 14.2. The lowest BCUT2D eigenvalue weighted by Crippen LogP contribution is -2.50. The van der Waals surface area contributed by atoms with Gasteiger partial charge in [-0.3, -0.25) is 14.5 Å². The van der Waals surface area contributed by atoms with Crippen molar-refractivity contribution in [2.45, 2.75) is 45.8 Å². The van der Waals surface area contributed by atoms with Gasteiger partial charge in [-0.1, -0.05) is 35.9 Å². The molecule has 1 N–H and O–H groups in total. The summed E-state index contributed by atoms with van der Waals surface area (Å²) in [5.41, 5.74) is 1.80. The van der Waals surface area contributed by atoms with Crippen LogP contribution in [0.5, 0.6) is 11.5 Å². The number of rotatable bonds is 9. The van der Waals surface area contributed by atoms with Gasteiger partial charge in [-0.2, -0.15) is 4.80 Å². The second kappa shape index (κ2) is 12.2. The number of anilines is 1. The Morgan fingerprint density at radius 2 is 1.59 bits per heavy atom. The fourth-order valence-electron chi connectivity index (χ4n) is 4.29. The number of ether oxygens (including phenoxy) is 2. The number of amides is 2. The van der Waals surface area contributed by atoms with Gasteiger partial charge in [0.2, 0.25) is 11.7 Å². The summed E-state index contributed by atoms with van der Waals surface area (Å²) in [4.78, 5) is 30.7. The maximum Gasteiger partial charge on any atom is 0.251 e. The Morgan fingerprint density at radius 1 is 0.976 bits per heavy atom. The van der Waals surface area contributed by atoms with Crippen molar-refractivity contribution in [3.8, 4) is 22.9 Å². The number of halogens is 1. The fraction of sp³-hybridized carbons (Fsp3) is 0.300. The lowest BCUT2D eigenvalue weighted by molar-refractivity contribution is -0.128. The van der Waals surface area contributed by atoms with Crippen LogP contribution in [-0.2, 0) is 16.1 Å². The molecule has 3 aromatic carbocycles. The summed E-state index contributed by atoms with van der Waals surface area (Å²) in [6, 6.07) is 17.0. The second-order valence-corrected chi connectivity index (χ2v) is 10.5. The van der Waals surface area contributed by atoms with Crippen molar-refractivity contribution in [1.29, 1.82) is 0 Å². The smallest absolute Gasteiger partial charge is 0.251 e. The molecular weight excluding hydrogens is 527 g/mol. The summed E-state index contributed by atoms with van der Waals surface area (Å²) in [5, 5.41) is 15.4. The first-order valence-electron chi connectivity index (χ1n) is 13.0. The minimum atomic E-state index is -1.10. The molecule has 0 unspecified atom stereocenters. The van der Waals surface area contributed by atoms with Gasteiger partial charge in [-0.05, 0) is 74.9 Å². The van der Waals surface area contributed by atoms with E-state index in [1.807, 2.05) is 52.0 Å². The van der Waals surface area contributed by atoms with Crippen molar-refractivity contribution in [3.63, 3.8) is 0 Å². The molecule has 0 aliphatic heterocycles. The highest BCUT2D eigenvalue weighted by Gasteiger charge is 2.38. The standard InChI is InChI=1S/C30H33FN6O4/c1-19-10-12-20(13-11-19)26(29(39)32-30(2,3)4)37(27-23(40-5)8-7-9-24(27)41-6)25(38)18-36-34-28(33-35-36)21-14-16-22(31)17-15-21/h7-17,26H,18H2,1-6H3,(H,32,39)/t26-/m0/s1. The predicted molar refractivity (Wildman–Crippen MR) is 152 cm³/mol. The van der Waals surface area contributed by atoms with Crippen LogP contribution in [0, 0.1) is 12.7 Å². The van der Waals surface area contributed by atoms with Crippen LogP contribution in [0.15, 0.2) is 66.7 Å². The Morgan fingerprint density at radius 3 is 2.15 bits per heavy atom. The van der Waals surface area contributed by atoms with Crippen molar-refractivity contribution in [2.75, 3.05) is 19.1 Å². The third-order valence-electron chi connectivity index (χ3n) is 6.14. The molecule has 2 amide bonds. The topological polar surface area (TPSA) is 111 Å². The number of nitrogens with zero attached hydrogens (tertiary/aromatic N) is 5. The van der Waals surface area contributed by atoms with Crippen molar-refractivity contribution in [2.24, 2.45) is 0 Å². The third-order valence-corrected chi connectivity index (χ3v) is 6.14. The molecule has 0 saturated heterocycles. The van der Waals surface area contributed by atoms with Gasteiger partial charge in [0.05, 0.1) is 14.2 Å². The molecular formula is C30H33FN6O4. The van der Waals surface area contributed by atoms with E-state index < -0.39 is 29.2 Å². The van der Waals surface area contributed by atoms with Gasteiger partial charge in [-0.25, -0.2) is 4.39 Å². The van der Waals surface area contributed by atoms with E-state index in [1.54, 1.807) is 18.2 Å². The number of benzene rings is 3. The molecule has 1 aromatic heterocycles. The number of tetrazole rings is 1. The Balaban J connectivity index is 1.84. The molecule has 1 atom stereocenters. The zero-order valence-electron chi connectivity index (χ0n) is 23.9. The van der Waals surface area contributed by atoms with Crippen molar-refractivity contribution in [1.82, 2.24) is 25.5 Å². The van der Waals surface area contributed by atoms with E-state index in [0.717, 1.165) is 10.4 Å². The maximum atomic E-state index is 14.2.